The molecule has 108 valence electrons. The van der Waals surface area contributed by atoms with Gasteiger partial charge in [0, 0.05) is 23.5 Å². The summed E-state index contributed by atoms with van der Waals surface area (Å²) in [5, 5.41) is 0. The summed E-state index contributed by atoms with van der Waals surface area (Å²) < 4.78 is 0. The molecule has 0 saturated heterocycles. The van der Waals surface area contributed by atoms with Crippen molar-refractivity contribution in [1.29, 1.82) is 0 Å². The summed E-state index contributed by atoms with van der Waals surface area (Å²) in [7, 11) is 0. The van der Waals surface area contributed by atoms with Gasteiger partial charge >= 0.3 is 0 Å². The Morgan fingerprint density at radius 2 is 1.64 bits per heavy atom. The fraction of sp³-hybridized carbons (Fsp3) is 0.100. The van der Waals surface area contributed by atoms with Crippen LogP contribution in [0.1, 0.15) is 18.1 Å². The molecule has 0 unspecified atom stereocenters. The first kappa shape index (κ1) is 14.2. The number of fused-ring (bicyclic) bond motifs is 1. The molecule has 0 aliphatic carbocycles. The van der Waals surface area contributed by atoms with E-state index < -0.39 is 0 Å². The van der Waals surface area contributed by atoms with E-state index in [9.17, 15) is 0 Å². The topological polar surface area (TPSA) is 25.8 Å². The predicted octanol–water partition coefficient (Wildman–Crippen LogP) is 5.19. The van der Waals surface area contributed by atoms with E-state index in [-0.39, 0.29) is 0 Å². The smallest absolute Gasteiger partial charge is 0.0971 e. The standard InChI is InChI=1S/C20H18N2/c1-4-15(5-2)17-10-11-18(16-8-6-14(3)7-9-16)20-19(17)21-12-13-22-20/h4-13H,1H2,2-3H3/b15-5+. The van der Waals surface area contributed by atoms with Gasteiger partial charge in [-0.2, -0.15) is 0 Å². The van der Waals surface area contributed by atoms with E-state index in [2.05, 4.69) is 59.9 Å². The number of rotatable bonds is 3. The molecule has 0 radical (unpaired) electrons. The Morgan fingerprint density at radius 1 is 0.955 bits per heavy atom. The van der Waals surface area contributed by atoms with Gasteiger partial charge in [-0.3, -0.25) is 9.97 Å². The van der Waals surface area contributed by atoms with Crippen LogP contribution >= 0.6 is 0 Å². The first-order valence-corrected chi connectivity index (χ1v) is 7.34. The number of nitrogens with zero attached hydrogens (tertiary/aromatic N) is 2. The Balaban J connectivity index is 2.29. The number of hydrogen-bond donors (Lipinski definition) is 0. The van der Waals surface area contributed by atoms with Gasteiger partial charge in [-0.1, -0.05) is 60.7 Å². The highest BCUT2D eigenvalue weighted by Gasteiger charge is 2.11. The summed E-state index contributed by atoms with van der Waals surface area (Å²) in [6, 6.07) is 12.7. The normalized spacial score (nSPS) is 11.6. The number of benzene rings is 2. The predicted molar refractivity (Wildman–Crippen MR) is 93.6 cm³/mol. The lowest BCUT2D eigenvalue weighted by Crippen LogP contribution is -1.92. The highest BCUT2D eigenvalue weighted by atomic mass is 14.8. The van der Waals surface area contributed by atoms with Gasteiger partial charge in [0.2, 0.25) is 0 Å². The van der Waals surface area contributed by atoms with Crippen molar-refractivity contribution in [3.05, 3.63) is 78.6 Å². The first-order chi connectivity index (χ1) is 10.7. The molecule has 22 heavy (non-hydrogen) atoms. The zero-order valence-corrected chi connectivity index (χ0v) is 12.9. The summed E-state index contributed by atoms with van der Waals surface area (Å²) in [5.41, 5.74) is 7.48. The Bertz CT molecular complexity index is 859. The van der Waals surface area contributed by atoms with Gasteiger partial charge in [0.05, 0.1) is 11.0 Å². The average Bonchev–Trinajstić information content (AvgIpc) is 2.57. The SMILES string of the molecule is C=C/C(=C\C)c1ccc(-c2ccc(C)cc2)c2nccnc12. The van der Waals surface area contributed by atoms with Crippen molar-refractivity contribution in [2.45, 2.75) is 13.8 Å². The van der Waals surface area contributed by atoms with Crippen LogP contribution in [0.5, 0.6) is 0 Å². The molecule has 2 aromatic carbocycles. The van der Waals surface area contributed by atoms with Crippen LogP contribution in [0.3, 0.4) is 0 Å². The van der Waals surface area contributed by atoms with Crippen LogP contribution in [0.25, 0.3) is 27.7 Å². The van der Waals surface area contributed by atoms with Crippen LogP contribution in [-0.4, -0.2) is 9.97 Å². The van der Waals surface area contributed by atoms with Gasteiger partial charge in [-0.05, 0) is 25.0 Å². The van der Waals surface area contributed by atoms with Crippen molar-refractivity contribution in [1.82, 2.24) is 9.97 Å². The van der Waals surface area contributed by atoms with E-state index >= 15 is 0 Å². The molecule has 1 heterocycles. The average molecular weight is 286 g/mol. The van der Waals surface area contributed by atoms with E-state index in [1.807, 2.05) is 19.1 Å². The van der Waals surface area contributed by atoms with Gasteiger partial charge in [0.1, 0.15) is 0 Å². The van der Waals surface area contributed by atoms with Crippen LogP contribution in [-0.2, 0) is 0 Å². The maximum absolute atomic E-state index is 4.57. The summed E-state index contributed by atoms with van der Waals surface area (Å²) in [6.07, 6.45) is 7.38. The Kier molecular flexibility index (Phi) is 3.84. The molecule has 0 fully saturated rings. The van der Waals surface area contributed by atoms with Crippen molar-refractivity contribution < 1.29 is 0 Å². The maximum Gasteiger partial charge on any atom is 0.0971 e. The molecule has 0 atom stereocenters. The third-order valence-electron chi connectivity index (χ3n) is 3.83. The minimum atomic E-state index is 0.911. The molecule has 2 heteroatoms. The number of allylic oxidation sites excluding steroid dienone is 3. The minimum absolute atomic E-state index is 0.911. The van der Waals surface area contributed by atoms with E-state index in [4.69, 9.17) is 0 Å². The second kappa shape index (κ2) is 5.94. The minimum Gasteiger partial charge on any atom is -0.252 e. The van der Waals surface area contributed by atoms with Crippen molar-refractivity contribution in [3.63, 3.8) is 0 Å². The lowest BCUT2D eigenvalue weighted by molar-refractivity contribution is 1.29. The van der Waals surface area contributed by atoms with Crippen molar-refractivity contribution in [2.24, 2.45) is 0 Å². The molecule has 1 aromatic heterocycles. The number of hydrogen-bond acceptors (Lipinski definition) is 2. The first-order valence-electron chi connectivity index (χ1n) is 7.34. The monoisotopic (exact) mass is 286 g/mol. The Morgan fingerprint density at radius 3 is 2.27 bits per heavy atom. The van der Waals surface area contributed by atoms with Gasteiger partial charge < -0.3 is 0 Å². The van der Waals surface area contributed by atoms with Crippen molar-refractivity contribution in [2.75, 3.05) is 0 Å². The highest BCUT2D eigenvalue weighted by Crippen LogP contribution is 2.31. The van der Waals surface area contributed by atoms with Gasteiger partial charge in [-0.25, -0.2) is 0 Å². The largest absolute Gasteiger partial charge is 0.252 e. The van der Waals surface area contributed by atoms with E-state index in [0.29, 0.717) is 0 Å². The zero-order chi connectivity index (χ0) is 15.5. The molecule has 3 rings (SSSR count). The molecular formula is C20H18N2. The Labute approximate surface area is 130 Å². The van der Waals surface area contributed by atoms with Crippen LogP contribution in [0.15, 0.2) is 67.5 Å². The second-order valence-corrected chi connectivity index (χ2v) is 5.23. The lowest BCUT2D eigenvalue weighted by Gasteiger charge is -2.10. The molecule has 2 nitrogen and oxygen atoms in total. The summed E-state index contributed by atoms with van der Waals surface area (Å²) >= 11 is 0. The maximum atomic E-state index is 4.57. The molecule has 0 saturated carbocycles. The quantitative estimate of drug-likeness (QED) is 0.619. The molecule has 3 aromatic rings. The van der Waals surface area contributed by atoms with Gasteiger partial charge in [0.25, 0.3) is 0 Å². The van der Waals surface area contributed by atoms with Crippen molar-refractivity contribution in [3.8, 4) is 11.1 Å². The van der Waals surface area contributed by atoms with Gasteiger partial charge in [0.15, 0.2) is 0 Å². The fourth-order valence-corrected chi connectivity index (χ4v) is 2.64. The summed E-state index contributed by atoms with van der Waals surface area (Å²) in [6.45, 7) is 7.99. The third-order valence-corrected chi connectivity index (χ3v) is 3.83. The van der Waals surface area contributed by atoms with E-state index in [0.717, 1.165) is 33.3 Å². The fourth-order valence-electron chi connectivity index (χ4n) is 2.64. The van der Waals surface area contributed by atoms with Crippen LogP contribution in [0.4, 0.5) is 0 Å². The molecule has 0 bridgehead atoms. The lowest BCUT2D eigenvalue weighted by atomic mass is 9.97. The molecule has 0 N–H and O–H groups in total. The Hall–Kier alpha value is -2.74. The number of aryl methyl sites for hydroxylation is 1. The molecule has 0 spiro atoms. The van der Waals surface area contributed by atoms with Crippen LogP contribution < -0.4 is 0 Å². The van der Waals surface area contributed by atoms with Gasteiger partial charge in [-0.15, -0.1) is 0 Å². The highest BCUT2D eigenvalue weighted by molar-refractivity contribution is 5.99. The summed E-state index contributed by atoms with van der Waals surface area (Å²) in [5.74, 6) is 0. The van der Waals surface area contributed by atoms with Crippen molar-refractivity contribution >= 4 is 16.6 Å². The molecule has 0 aliphatic heterocycles. The van der Waals surface area contributed by atoms with E-state index in [1.54, 1.807) is 12.4 Å². The number of aromatic nitrogens is 2. The van der Waals surface area contributed by atoms with E-state index in [1.165, 1.54) is 5.56 Å². The zero-order valence-electron chi connectivity index (χ0n) is 12.9. The third kappa shape index (κ3) is 2.44. The molecular weight excluding hydrogens is 268 g/mol. The molecule has 0 amide bonds. The van der Waals surface area contributed by atoms with Crippen LogP contribution in [0, 0.1) is 6.92 Å². The van der Waals surface area contributed by atoms with Crippen LogP contribution in [0.2, 0.25) is 0 Å². The summed E-state index contributed by atoms with van der Waals surface area (Å²) in [4.78, 5) is 9.12. The second-order valence-electron chi connectivity index (χ2n) is 5.23. The molecule has 0 aliphatic rings.